The minimum absolute atomic E-state index is 0.00320. The second-order valence-corrected chi connectivity index (χ2v) is 9.73. The zero-order chi connectivity index (χ0) is 19.4. The van der Waals surface area contributed by atoms with Gasteiger partial charge in [-0.25, -0.2) is 0 Å². The van der Waals surface area contributed by atoms with Crippen LogP contribution in [0.5, 0.6) is 0 Å². The van der Waals surface area contributed by atoms with Crippen LogP contribution in [-0.2, 0) is 9.59 Å². The van der Waals surface area contributed by atoms with Gasteiger partial charge in [-0.3, -0.25) is 14.9 Å². The number of amides is 2. The number of halogens is 2. The van der Waals surface area contributed by atoms with Crippen molar-refractivity contribution in [3.05, 3.63) is 12.2 Å². The summed E-state index contributed by atoms with van der Waals surface area (Å²) < 4.78 is 0. The molecule has 26 heavy (non-hydrogen) atoms. The van der Waals surface area contributed by atoms with Crippen LogP contribution in [0, 0.1) is 29.1 Å². The number of hydrogen-bond donors (Lipinski definition) is 3. The zero-order valence-electron chi connectivity index (χ0n) is 15.1. The SMILES string of the molecule is C=C1C(C[C@H](O)[C@H]2CC(=O)NC2=O)[C@H]2C[C@@H](Cl)[C@H](Cl)C(C)(C)[C@@H]2C[C@@H]1O. The molecule has 7 heteroatoms. The van der Waals surface area contributed by atoms with Gasteiger partial charge >= 0.3 is 0 Å². The van der Waals surface area contributed by atoms with Gasteiger partial charge in [0, 0.05) is 6.42 Å². The summed E-state index contributed by atoms with van der Waals surface area (Å²) in [4.78, 5) is 23.3. The average Bonchev–Trinajstić information content (AvgIpc) is 2.90. The number of aliphatic hydroxyl groups is 2. The van der Waals surface area contributed by atoms with E-state index in [2.05, 4.69) is 25.7 Å². The molecule has 0 radical (unpaired) electrons. The van der Waals surface area contributed by atoms with Crippen molar-refractivity contribution in [1.29, 1.82) is 0 Å². The molecule has 2 saturated carbocycles. The smallest absolute Gasteiger partial charge is 0.232 e. The minimum Gasteiger partial charge on any atom is -0.392 e. The Balaban J connectivity index is 1.83. The largest absolute Gasteiger partial charge is 0.392 e. The second-order valence-electron chi connectivity index (χ2n) is 8.70. The summed E-state index contributed by atoms with van der Waals surface area (Å²) in [7, 11) is 0. The lowest BCUT2D eigenvalue weighted by molar-refractivity contribution is -0.127. The highest BCUT2D eigenvalue weighted by molar-refractivity contribution is 6.30. The average molecular weight is 404 g/mol. The first kappa shape index (κ1) is 20.1. The molecule has 1 heterocycles. The molecule has 8 atom stereocenters. The van der Waals surface area contributed by atoms with Gasteiger partial charge in [-0.2, -0.15) is 0 Å². The molecule has 0 aromatic carbocycles. The van der Waals surface area contributed by atoms with Crippen LogP contribution >= 0.6 is 23.2 Å². The van der Waals surface area contributed by atoms with Gasteiger partial charge in [-0.05, 0) is 48.0 Å². The fourth-order valence-corrected chi connectivity index (χ4v) is 6.03. The molecule has 146 valence electrons. The molecule has 2 amide bonds. The molecule has 1 aliphatic heterocycles. The maximum Gasteiger partial charge on any atom is 0.232 e. The molecule has 5 nitrogen and oxygen atoms in total. The first-order valence-corrected chi connectivity index (χ1v) is 10.1. The van der Waals surface area contributed by atoms with Crippen molar-refractivity contribution in [1.82, 2.24) is 5.32 Å². The van der Waals surface area contributed by atoms with E-state index in [1.54, 1.807) is 0 Å². The third-order valence-corrected chi connectivity index (χ3v) is 8.29. The first-order valence-electron chi connectivity index (χ1n) is 9.20. The summed E-state index contributed by atoms with van der Waals surface area (Å²) in [6.07, 6.45) is -0.0680. The second kappa shape index (κ2) is 7.08. The van der Waals surface area contributed by atoms with E-state index in [1.807, 2.05) is 0 Å². The Bertz CT molecular complexity index is 623. The molecule has 0 aromatic heterocycles. The normalized spacial score (nSPS) is 43.8. The summed E-state index contributed by atoms with van der Waals surface area (Å²) in [6, 6.07) is 0. The van der Waals surface area contributed by atoms with Gasteiger partial charge in [0.25, 0.3) is 0 Å². The van der Waals surface area contributed by atoms with Gasteiger partial charge < -0.3 is 10.2 Å². The van der Waals surface area contributed by atoms with Crippen molar-refractivity contribution in [2.75, 3.05) is 0 Å². The van der Waals surface area contributed by atoms with Crippen LogP contribution in [-0.4, -0.2) is 45.0 Å². The predicted octanol–water partition coefficient (Wildman–Crippen LogP) is 2.21. The van der Waals surface area contributed by atoms with Gasteiger partial charge in [0.2, 0.25) is 11.8 Å². The van der Waals surface area contributed by atoms with E-state index in [0.29, 0.717) is 18.4 Å². The Morgan fingerprint density at radius 1 is 1.31 bits per heavy atom. The number of hydrogen-bond acceptors (Lipinski definition) is 4. The number of carbonyl (C=O) groups excluding carboxylic acids is 2. The highest BCUT2D eigenvalue weighted by Crippen LogP contribution is 2.57. The summed E-state index contributed by atoms with van der Waals surface area (Å²) in [5, 5.41) is 23.0. The first-order chi connectivity index (χ1) is 12.0. The van der Waals surface area contributed by atoms with Crippen LogP contribution in [0.3, 0.4) is 0 Å². The van der Waals surface area contributed by atoms with Gasteiger partial charge in [0.15, 0.2) is 0 Å². The quantitative estimate of drug-likeness (QED) is 0.383. The fraction of sp³-hybridized carbons (Fsp3) is 0.789. The van der Waals surface area contributed by atoms with Crippen LogP contribution in [0.4, 0.5) is 0 Å². The molecule has 1 saturated heterocycles. The molecule has 0 aromatic rings. The Morgan fingerprint density at radius 3 is 2.54 bits per heavy atom. The highest BCUT2D eigenvalue weighted by Gasteiger charge is 2.54. The Kier molecular flexibility index (Phi) is 5.48. The van der Waals surface area contributed by atoms with E-state index in [1.165, 1.54) is 0 Å². The molecule has 3 fully saturated rings. The van der Waals surface area contributed by atoms with Crippen molar-refractivity contribution in [2.45, 2.75) is 62.5 Å². The van der Waals surface area contributed by atoms with E-state index >= 15 is 0 Å². The predicted molar refractivity (Wildman–Crippen MR) is 99.8 cm³/mol. The van der Waals surface area contributed by atoms with Crippen molar-refractivity contribution < 1.29 is 19.8 Å². The van der Waals surface area contributed by atoms with Crippen molar-refractivity contribution >= 4 is 35.0 Å². The number of aliphatic hydroxyl groups excluding tert-OH is 2. The molecule has 0 bridgehead atoms. The van der Waals surface area contributed by atoms with E-state index in [-0.39, 0.29) is 52.7 Å². The van der Waals surface area contributed by atoms with Crippen molar-refractivity contribution in [3.63, 3.8) is 0 Å². The Hall–Kier alpha value is -0.620. The Labute approximate surface area is 164 Å². The van der Waals surface area contributed by atoms with Gasteiger partial charge in [-0.1, -0.05) is 20.4 Å². The zero-order valence-corrected chi connectivity index (χ0v) is 16.6. The van der Waals surface area contributed by atoms with Crippen LogP contribution < -0.4 is 5.32 Å². The van der Waals surface area contributed by atoms with E-state index < -0.39 is 24.0 Å². The molecule has 2 aliphatic carbocycles. The monoisotopic (exact) mass is 403 g/mol. The number of imide groups is 1. The lowest BCUT2D eigenvalue weighted by Gasteiger charge is -2.55. The molecule has 3 aliphatic rings. The molecule has 3 rings (SSSR count). The Morgan fingerprint density at radius 2 is 1.96 bits per heavy atom. The number of carbonyl (C=O) groups is 2. The standard InChI is InChI=1S/C19H27Cl2NO4/c1-8-9(5-15(24)11-6-16(25)22-18(11)26)10-4-13(20)17(21)19(2,3)12(10)7-14(8)23/h9-15,17,23-24H,1,4-7H2,2-3H3,(H,22,25,26)/t9?,10-,11-,12-,13-,14+,15+,17+/m1/s1. The van der Waals surface area contributed by atoms with Crippen molar-refractivity contribution in [3.8, 4) is 0 Å². The molecular formula is C19H27Cl2NO4. The van der Waals surface area contributed by atoms with Crippen LogP contribution in [0.15, 0.2) is 12.2 Å². The lowest BCUT2D eigenvalue weighted by Crippen LogP contribution is -2.54. The highest BCUT2D eigenvalue weighted by atomic mass is 35.5. The van der Waals surface area contributed by atoms with E-state index in [0.717, 1.165) is 0 Å². The third-order valence-electron chi connectivity index (χ3n) is 6.86. The number of rotatable bonds is 3. The third kappa shape index (κ3) is 3.32. The van der Waals surface area contributed by atoms with Crippen LogP contribution in [0.1, 0.15) is 39.5 Å². The summed E-state index contributed by atoms with van der Waals surface area (Å²) in [6.45, 7) is 8.22. The topological polar surface area (TPSA) is 86.6 Å². The number of alkyl halides is 2. The molecule has 0 spiro atoms. The van der Waals surface area contributed by atoms with Crippen LogP contribution in [0.2, 0.25) is 0 Å². The summed E-state index contributed by atoms with van der Waals surface area (Å²) in [5.74, 6) is -1.40. The summed E-state index contributed by atoms with van der Waals surface area (Å²) in [5.41, 5.74) is 0.422. The van der Waals surface area contributed by atoms with E-state index in [9.17, 15) is 19.8 Å². The number of nitrogens with one attached hydrogen (secondary N) is 1. The van der Waals surface area contributed by atoms with Gasteiger partial charge in [-0.15, -0.1) is 23.2 Å². The van der Waals surface area contributed by atoms with Crippen LogP contribution in [0.25, 0.3) is 0 Å². The van der Waals surface area contributed by atoms with Gasteiger partial charge in [0.05, 0.1) is 28.9 Å². The summed E-state index contributed by atoms with van der Waals surface area (Å²) >= 11 is 13.1. The lowest BCUT2D eigenvalue weighted by atomic mass is 9.53. The fourth-order valence-electron chi connectivity index (χ4n) is 5.24. The van der Waals surface area contributed by atoms with Crippen molar-refractivity contribution in [2.24, 2.45) is 29.1 Å². The molecular weight excluding hydrogens is 377 g/mol. The maximum absolute atomic E-state index is 11.9. The molecule has 1 unspecified atom stereocenters. The van der Waals surface area contributed by atoms with E-state index in [4.69, 9.17) is 23.2 Å². The maximum atomic E-state index is 11.9. The molecule has 3 N–H and O–H groups in total. The van der Waals surface area contributed by atoms with Gasteiger partial charge in [0.1, 0.15) is 0 Å². The number of fused-ring (bicyclic) bond motifs is 1. The minimum atomic E-state index is -0.959.